The Hall–Kier alpha value is -0.600. The summed E-state index contributed by atoms with van der Waals surface area (Å²) in [6, 6.07) is 0. The third-order valence-electron chi connectivity index (χ3n) is 2.96. The van der Waals surface area contributed by atoms with Crippen LogP contribution in [0.2, 0.25) is 0 Å². The molecule has 104 valence electrons. The molecule has 1 saturated heterocycles. The Morgan fingerprint density at radius 2 is 1.83 bits per heavy atom. The predicted molar refractivity (Wildman–Crippen MR) is 71.4 cm³/mol. The smallest absolute Gasteiger partial charge is 0.137 e. The fraction of sp³-hybridized carbons (Fsp3) is 0.857. The summed E-state index contributed by atoms with van der Waals surface area (Å²) in [5.41, 5.74) is 0. The highest BCUT2D eigenvalue weighted by atomic mass is 16.5. The van der Waals surface area contributed by atoms with E-state index in [4.69, 9.17) is 9.47 Å². The summed E-state index contributed by atoms with van der Waals surface area (Å²) in [5.74, 6) is 5.27. The van der Waals surface area contributed by atoms with Crippen LogP contribution in [0.1, 0.15) is 26.2 Å². The molecular formula is C14H25NO3. The van der Waals surface area contributed by atoms with Crippen LogP contribution in [0.4, 0.5) is 0 Å². The Morgan fingerprint density at radius 1 is 1.11 bits per heavy atom. The Balaban J connectivity index is 1.84. The minimum atomic E-state index is -0.677. The van der Waals surface area contributed by atoms with E-state index in [1.807, 2.05) is 0 Å². The van der Waals surface area contributed by atoms with E-state index in [9.17, 15) is 5.11 Å². The maximum Gasteiger partial charge on any atom is 0.137 e. The molecule has 0 aliphatic carbocycles. The summed E-state index contributed by atoms with van der Waals surface area (Å²) < 4.78 is 10.7. The summed E-state index contributed by atoms with van der Waals surface area (Å²) in [5, 5.41) is 9.28. The first-order chi connectivity index (χ1) is 8.83. The lowest BCUT2D eigenvalue weighted by atomic mass is 10.1. The first-order valence-corrected chi connectivity index (χ1v) is 6.81. The van der Waals surface area contributed by atoms with Gasteiger partial charge in [0.25, 0.3) is 0 Å². The maximum atomic E-state index is 9.28. The Morgan fingerprint density at radius 3 is 2.56 bits per heavy atom. The van der Waals surface area contributed by atoms with Gasteiger partial charge in [-0.15, -0.1) is 5.92 Å². The number of nitrogens with zero attached hydrogens (tertiary/aromatic N) is 1. The fourth-order valence-electron chi connectivity index (χ4n) is 2.00. The average molecular weight is 255 g/mol. The molecule has 0 aromatic heterocycles. The number of aliphatic hydroxyl groups excluding tert-OH is 1. The van der Waals surface area contributed by atoms with Crippen molar-refractivity contribution in [3.63, 3.8) is 0 Å². The number of piperidine rings is 1. The standard InChI is InChI=1S/C14H25NO3/c1-2-6-14(16)13-18-12-11-17-10-9-15-7-4-3-5-8-15/h14,16H,3-5,7-13H2,1H3. The van der Waals surface area contributed by atoms with Crippen molar-refractivity contribution in [2.24, 2.45) is 0 Å². The van der Waals surface area contributed by atoms with Crippen LogP contribution in [0.25, 0.3) is 0 Å². The predicted octanol–water partition coefficient (Wildman–Crippen LogP) is 0.890. The van der Waals surface area contributed by atoms with Gasteiger partial charge < -0.3 is 19.5 Å². The topological polar surface area (TPSA) is 41.9 Å². The zero-order valence-electron chi connectivity index (χ0n) is 11.4. The Kier molecular flexibility index (Phi) is 8.87. The molecule has 1 fully saturated rings. The summed E-state index contributed by atoms with van der Waals surface area (Å²) in [6.45, 7) is 7.26. The van der Waals surface area contributed by atoms with E-state index < -0.39 is 6.10 Å². The second-order valence-electron chi connectivity index (χ2n) is 4.50. The third kappa shape index (κ3) is 7.67. The fourth-order valence-corrected chi connectivity index (χ4v) is 2.00. The summed E-state index contributed by atoms with van der Waals surface area (Å²) >= 11 is 0. The SMILES string of the molecule is CC#CC(O)COCCOCCN1CCCCC1. The van der Waals surface area contributed by atoms with Gasteiger partial charge in [-0.25, -0.2) is 0 Å². The first-order valence-electron chi connectivity index (χ1n) is 6.81. The Labute approximate surface area is 110 Å². The number of aliphatic hydroxyl groups is 1. The second-order valence-corrected chi connectivity index (χ2v) is 4.50. The molecular weight excluding hydrogens is 230 g/mol. The van der Waals surface area contributed by atoms with Gasteiger partial charge in [0.1, 0.15) is 6.10 Å². The normalized spacial score (nSPS) is 18.1. The van der Waals surface area contributed by atoms with Crippen molar-refractivity contribution >= 4 is 0 Å². The number of hydrogen-bond donors (Lipinski definition) is 1. The first kappa shape index (κ1) is 15.5. The molecule has 1 aliphatic rings. The van der Waals surface area contributed by atoms with Crippen molar-refractivity contribution in [1.82, 2.24) is 4.90 Å². The van der Waals surface area contributed by atoms with Crippen LogP contribution in [0.15, 0.2) is 0 Å². The quantitative estimate of drug-likeness (QED) is 0.517. The van der Waals surface area contributed by atoms with E-state index in [0.717, 1.165) is 13.2 Å². The maximum absolute atomic E-state index is 9.28. The molecule has 1 rings (SSSR count). The van der Waals surface area contributed by atoms with Crippen molar-refractivity contribution in [3.8, 4) is 11.8 Å². The molecule has 4 nitrogen and oxygen atoms in total. The van der Waals surface area contributed by atoms with Crippen molar-refractivity contribution in [1.29, 1.82) is 0 Å². The van der Waals surface area contributed by atoms with Crippen LogP contribution in [0, 0.1) is 11.8 Å². The van der Waals surface area contributed by atoms with E-state index in [2.05, 4.69) is 16.7 Å². The van der Waals surface area contributed by atoms with Crippen molar-refractivity contribution in [2.45, 2.75) is 32.3 Å². The van der Waals surface area contributed by atoms with Crippen molar-refractivity contribution < 1.29 is 14.6 Å². The number of ether oxygens (including phenoxy) is 2. The van der Waals surface area contributed by atoms with Gasteiger partial charge in [0.2, 0.25) is 0 Å². The monoisotopic (exact) mass is 255 g/mol. The lowest BCUT2D eigenvalue weighted by Crippen LogP contribution is -2.32. The van der Waals surface area contributed by atoms with Crippen LogP contribution < -0.4 is 0 Å². The van der Waals surface area contributed by atoms with Gasteiger partial charge >= 0.3 is 0 Å². The zero-order chi connectivity index (χ0) is 13.1. The lowest BCUT2D eigenvalue weighted by Gasteiger charge is -2.26. The molecule has 0 radical (unpaired) electrons. The summed E-state index contributed by atoms with van der Waals surface area (Å²) in [7, 11) is 0. The van der Waals surface area contributed by atoms with E-state index in [0.29, 0.717) is 13.2 Å². The van der Waals surface area contributed by atoms with Crippen LogP contribution in [0.5, 0.6) is 0 Å². The minimum absolute atomic E-state index is 0.260. The molecule has 0 aromatic carbocycles. The molecule has 1 unspecified atom stereocenters. The molecule has 1 heterocycles. The molecule has 1 aliphatic heterocycles. The van der Waals surface area contributed by atoms with Gasteiger partial charge in [-0.1, -0.05) is 12.3 Å². The molecule has 0 spiro atoms. The van der Waals surface area contributed by atoms with Crippen LogP contribution >= 0.6 is 0 Å². The van der Waals surface area contributed by atoms with E-state index in [-0.39, 0.29) is 6.61 Å². The van der Waals surface area contributed by atoms with Gasteiger partial charge in [0.15, 0.2) is 0 Å². The zero-order valence-corrected chi connectivity index (χ0v) is 11.4. The molecule has 18 heavy (non-hydrogen) atoms. The highest BCUT2D eigenvalue weighted by Crippen LogP contribution is 2.07. The van der Waals surface area contributed by atoms with E-state index in [1.165, 1.54) is 32.4 Å². The Bertz CT molecular complexity index is 254. The number of likely N-dealkylation sites (tertiary alicyclic amines) is 1. The van der Waals surface area contributed by atoms with Gasteiger partial charge in [-0.05, 0) is 32.9 Å². The van der Waals surface area contributed by atoms with E-state index >= 15 is 0 Å². The van der Waals surface area contributed by atoms with Crippen molar-refractivity contribution in [3.05, 3.63) is 0 Å². The highest BCUT2D eigenvalue weighted by Gasteiger charge is 2.08. The van der Waals surface area contributed by atoms with Crippen LogP contribution in [-0.4, -0.2) is 62.2 Å². The van der Waals surface area contributed by atoms with Gasteiger partial charge in [-0.3, -0.25) is 0 Å². The third-order valence-corrected chi connectivity index (χ3v) is 2.96. The van der Waals surface area contributed by atoms with Gasteiger partial charge in [-0.2, -0.15) is 0 Å². The molecule has 0 aromatic rings. The van der Waals surface area contributed by atoms with Gasteiger partial charge in [0.05, 0.1) is 26.4 Å². The number of rotatable bonds is 8. The molecule has 0 bridgehead atoms. The van der Waals surface area contributed by atoms with Gasteiger partial charge in [0, 0.05) is 6.54 Å². The van der Waals surface area contributed by atoms with E-state index in [1.54, 1.807) is 6.92 Å². The number of hydrogen-bond acceptors (Lipinski definition) is 4. The molecule has 4 heteroatoms. The molecule has 1 atom stereocenters. The van der Waals surface area contributed by atoms with Crippen LogP contribution in [-0.2, 0) is 9.47 Å². The lowest BCUT2D eigenvalue weighted by molar-refractivity contribution is 0.0135. The molecule has 0 amide bonds. The molecule has 0 saturated carbocycles. The summed E-state index contributed by atoms with van der Waals surface area (Å²) in [4.78, 5) is 2.45. The minimum Gasteiger partial charge on any atom is -0.378 e. The second kappa shape index (κ2) is 10.3. The highest BCUT2D eigenvalue weighted by molar-refractivity contribution is 5.01. The average Bonchev–Trinajstić information content (AvgIpc) is 2.39. The van der Waals surface area contributed by atoms with Crippen molar-refractivity contribution in [2.75, 3.05) is 46.1 Å². The molecule has 1 N–H and O–H groups in total. The summed E-state index contributed by atoms with van der Waals surface area (Å²) in [6.07, 6.45) is 3.33. The largest absolute Gasteiger partial charge is 0.378 e. The van der Waals surface area contributed by atoms with Crippen LogP contribution in [0.3, 0.4) is 0 Å².